The van der Waals surface area contributed by atoms with Crippen molar-refractivity contribution in [3.8, 4) is 0 Å². The van der Waals surface area contributed by atoms with E-state index in [0.717, 1.165) is 8.78 Å². The molecular weight excluding hydrogens is 384 g/mol. The van der Waals surface area contributed by atoms with Crippen LogP contribution in [0.3, 0.4) is 0 Å². The van der Waals surface area contributed by atoms with E-state index in [-0.39, 0.29) is 21.7 Å². The third-order valence-corrected chi connectivity index (χ3v) is 5.74. The summed E-state index contributed by atoms with van der Waals surface area (Å²) >= 11 is 3.26. The standard InChI is InChI=1S/C15H11BrN2O4S/c1-17-14(19)9-2-7-12-13(8-9)23(21,22)18(15(12)20)11-5-3-10(16)4-6-11/h2-8H,1H3,(H,17,19). The summed E-state index contributed by atoms with van der Waals surface area (Å²) in [5, 5.41) is 2.42. The Kier molecular flexibility index (Phi) is 3.73. The summed E-state index contributed by atoms with van der Waals surface area (Å²) < 4.78 is 26.9. The second-order valence-electron chi connectivity index (χ2n) is 4.84. The Hall–Kier alpha value is -2.19. The Bertz CT molecular complexity index is 923. The maximum Gasteiger partial charge on any atom is 0.273 e. The van der Waals surface area contributed by atoms with Gasteiger partial charge in [-0.2, -0.15) is 4.31 Å². The van der Waals surface area contributed by atoms with Crippen molar-refractivity contribution in [1.82, 2.24) is 5.32 Å². The van der Waals surface area contributed by atoms with E-state index in [0.29, 0.717) is 0 Å². The lowest BCUT2D eigenvalue weighted by atomic mass is 10.1. The number of halogens is 1. The number of rotatable bonds is 2. The molecule has 1 aliphatic rings. The summed E-state index contributed by atoms with van der Waals surface area (Å²) in [4.78, 5) is 24.0. The lowest BCUT2D eigenvalue weighted by molar-refractivity contribution is 0.0960. The third-order valence-electron chi connectivity index (χ3n) is 3.47. The van der Waals surface area contributed by atoms with Gasteiger partial charge in [0.05, 0.1) is 11.3 Å². The van der Waals surface area contributed by atoms with Gasteiger partial charge in [0.1, 0.15) is 4.90 Å². The van der Waals surface area contributed by atoms with Gasteiger partial charge in [-0.3, -0.25) is 9.59 Å². The molecule has 2 aromatic rings. The largest absolute Gasteiger partial charge is 0.355 e. The van der Waals surface area contributed by atoms with E-state index in [2.05, 4.69) is 21.2 Å². The minimum absolute atomic E-state index is 0.0561. The van der Waals surface area contributed by atoms with Crippen LogP contribution in [0.15, 0.2) is 51.8 Å². The van der Waals surface area contributed by atoms with Crippen molar-refractivity contribution < 1.29 is 18.0 Å². The summed E-state index contributed by atoms with van der Waals surface area (Å²) in [6, 6.07) is 10.4. The van der Waals surface area contributed by atoms with Gasteiger partial charge in [0.25, 0.3) is 21.8 Å². The lowest BCUT2D eigenvalue weighted by Gasteiger charge is -2.14. The van der Waals surface area contributed by atoms with Gasteiger partial charge in [0, 0.05) is 17.1 Å². The quantitative estimate of drug-likeness (QED) is 0.845. The molecule has 6 nitrogen and oxygen atoms in total. The monoisotopic (exact) mass is 394 g/mol. The van der Waals surface area contributed by atoms with Crippen LogP contribution in [0.4, 0.5) is 5.69 Å². The molecule has 1 aliphatic heterocycles. The summed E-state index contributed by atoms with van der Waals surface area (Å²) in [6.07, 6.45) is 0. The number of carbonyl (C=O) groups excluding carboxylic acids is 2. The Labute approximate surface area is 141 Å². The Morgan fingerprint density at radius 1 is 1.13 bits per heavy atom. The van der Waals surface area contributed by atoms with Crippen LogP contribution in [0, 0.1) is 0 Å². The highest BCUT2D eigenvalue weighted by Gasteiger charge is 2.42. The van der Waals surface area contributed by atoms with Crippen LogP contribution in [0.1, 0.15) is 20.7 Å². The molecule has 0 aliphatic carbocycles. The SMILES string of the molecule is CNC(=O)c1ccc2c(c1)S(=O)(=O)N(c1ccc(Br)cc1)C2=O. The molecule has 0 saturated carbocycles. The van der Waals surface area contributed by atoms with Crippen molar-refractivity contribution in [3.05, 3.63) is 58.1 Å². The van der Waals surface area contributed by atoms with E-state index in [4.69, 9.17) is 0 Å². The Morgan fingerprint density at radius 2 is 1.78 bits per heavy atom. The van der Waals surface area contributed by atoms with Crippen molar-refractivity contribution in [2.24, 2.45) is 0 Å². The van der Waals surface area contributed by atoms with Crippen LogP contribution < -0.4 is 9.62 Å². The topological polar surface area (TPSA) is 83.6 Å². The number of anilines is 1. The van der Waals surface area contributed by atoms with Crippen molar-refractivity contribution >= 4 is 43.5 Å². The molecule has 23 heavy (non-hydrogen) atoms. The van der Waals surface area contributed by atoms with Gasteiger partial charge in [-0.15, -0.1) is 0 Å². The molecule has 0 fully saturated rings. The summed E-state index contributed by atoms with van der Waals surface area (Å²) in [7, 11) is -2.59. The number of benzene rings is 2. The molecule has 0 spiro atoms. The van der Waals surface area contributed by atoms with E-state index in [1.165, 1.54) is 37.4 Å². The van der Waals surface area contributed by atoms with E-state index >= 15 is 0 Å². The summed E-state index contributed by atoms with van der Waals surface area (Å²) in [5.41, 5.74) is 0.483. The minimum atomic E-state index is -4.04. The highest BCUT2D eigenvalue weighted by atomic mass is 79.9. The number of amides is 2. The van der Waals surface area contributed by atoms with Gasteiger partial charge in [0.2, 0.25) is 0 Å². The van der Waals surface area contributed by atoms with E-state index in [9.17, 15) is 18.0 Å². The molecule has 2 aromatic carbocycles. The molecule has 0 saturated heterocycles. The van der Waals surface area contributed by atoms with Gasteiger partial charge in [-0.25, -0.2) is 8.42 Å². The van der Waals surface area contributed by atoms with Gasteiger partial charge < -0.3 is 5.32 Å². The fourth-order valence-electron chi connectivity index (χ4n) is 2.35. The first-order valence-corrected chi connectivity index (χ1v) is 8.81. The fraction of sp³-hybridized carbons (Fsp3) is 0.0667. The van der Waals surface area contributed by atoms with Gasteiger partial charge in [-0.05, 0) is 42.5 Å². The van der Waals surface area contributed by atoms with Crippen LogP contribution in [-0.2, 0) is 10.0 Å². The number of hydrogen-bond donors (Lipinski definition) is 1. The van der Waals surface area contributed by atoms with Gasteiger partial charge >= 0.3 is 0 Å². The van der Waals surface area contributed by atoms with E-state index < -0.39 is 21.8 Å². The number of hydrogen-bond acceptors (Lipinski definition) is 4. The molecule has 1 N–H and O–H groups in total. The molecule has 0 bridgehead atoms. The first-order chi connectivity index (χ1) is 10.9. The molecule has 0 radical (unpaired) electrons. The highest BCUT2D eigenvalue weighted by molar-refractivity contribution is 9.10. The Morgan fingerprint density at radius 3 is 2.39 bits per heavy atom. The third kappa shape index (κ3) is 2.43. The molecule has 1 heterocycles. The predicted octanol–water partition coefficient (Wildman–Crippen LogP) is 2.16. The predicted molar refractivity (Wildman–Crippen MR) is 88.0 cm³/mol. The molecular formula is C15H11BrN2O4S. The van der Waals surface area contributed by atoms with Crippen LogP contribution in [0.25, 0.3) is 0 Å². The number of fused-ring (bicyclic) bond motifs is 1. The highest BCUT2D eigenvalue weighted by Crippen LogP contribution is 2.35. The molecule has 118 valence electrons. The van der Waals surface area contributed by atoms with Crippen LogP contribution >= 0.6 is 15.9 Å². The summed E-state index contributed by atoms with van der Waals surface area (Å²) in [6.45, 7) is 0. The van der Waals surface area contributed by atoms with Crippen molar-refractivity contribution in [2.75, 3.05) is 11.4 Å². The zero-order chi connectivity index (χ0) is 16.8. The first kappa shape index (κ1) is 15.7. The average Bonchev–Trinajstić information content (AvgIpc) is 2.74. The number of nitrogens with one attached hydrogen (secondary N) is 1. The average molecular weight is 395 g/mol. The molecule has 0 unspecified atom stereocenters. The van der Waals surface area contributed by atoms with Crippen LogP contribution in [-0.4, -0.2) is 27.3 Å². The van der Waals surface area contributed by atoms with Crippen molar-refractivity contribution in [3.63, 3.8) is 0 Å². The molecule has 2 amide bonds. The number of sulfonamides is 1. The van der Waals surface area contributed by atoms with Crippen molar-refractivity contribution in [2.45, 2.75) is 4.90 Å². The molecule has 3 rings (SSSR count). The maximum absolute atomic E-state index is 12.7. The molecule has 0 atom stereocenters. The van der Waals surface area contributed by atoms with Gasteiger partial charge in [-0.1, -0.05) is 15.9 Å². The second-order valence-corrected chi connectivity index (χ2v) is 7.51. The zero-order valence-corrected chi connectivity index (χ0v) is 14.3. The van der Waals surface area contributed by atoms with Crippen molar-refractivity contribution in [1.29, 1.82) is 0 Å². The number of nitrogens with zero attached hydrogens (tertiary/aromatic N) is 1. The zero-order valence-electron chi connectivity index (χ0n) is 11.9. The van der Waals surface area contributed by atoms with Crippen LogP contribution in [0.5, 0.6) is 0 Å². The minimum Gasteiger partial charge on any atom is -0.355 e. The smallest absolute Gasteiger partial charge is 0.273 e. The fourth-order valence-corrected chi connectivity index (χ4v) is 4.23. The normalized spacial score (nSPS) is 15.4. The van der Waals surface area contributed by atoms with Crippen LogP contribution in [0.2, 0.25) is 0 Å². The first-order valence-electron chi connectivity index (χ1n) is 6.57. The maximum atomic E-state index is 12.7. The van der Waals surface area contributed by atoms with Gasteiger partial charge in [0.15, 0.2) is 0 Å². The molecule has 8 heteroatoms. The van der Waals surface area contributed by atoms with E-state index in [1.807, 2.05) is 0 Å². The lowest BCUT2D eigenvalue weighted by Crippen LogP contribution is -2.29. The number of carbonyl (C=O) groups is 2. The Balaban J connectivity index is 2.15. The second kappa shape index (κ2) is 5.47. The molecule has 0 aromatic heterocycles. The van der Waals surface area contributed by atoms with E-state index in [1.54, 1.807) is 12.1 Å². The summed E-state index contributed by atoms with van der Waals surface area (Å²) in [5.74, 6) is -1.05.